The molecule has 1 amide bonds. The highest BCUT2D eigenvalue weighted by Gasteiger charge is 2.30. The second-order valence-electron chi connectivity index (χ2n) is 8.96. The average Bonchev–Trinajstić information content (AvgIpc) is 2.92. The number of ether oxygens (including phenoxy) is 1. The van der Waals surface area contributed by atoms with E-state index in [-0.39, 0.29) is 33.9 Å². The number of nitrogens with zero attached hydrogens (tertiary/aromatic N) is 4. The van der Waals surface area contributed by atoms with Gasteiger partial charge in [0.25, 0.3) is 11.5 Å². The summed E-state index contributed by atoms with van der Waals surface area (Å²) in [4.78, 5) is 40.4. The molecule has 1 N–H and O–H groups in total. The van der Waals surface area contributed by atoms with Crippen LogP contribution in [0.2, 0.25) is 10.0 Å². The molecule has 1 aromatic heterocycles. The SMILES string of the molecule is N#Cc1nn(-c2cc(Cl)c(Oc3ccc4c(c3)CCN(Cc3ccc(C(F)(F)F)cc3)C4=O)c(Cl)c2)c(=O)[nH]c1=O. The van der Waals surface area contributed by atoms with Crippen LogP contribution in [-0.2, 0) is 19.1 Å². The van der Waals surface area contributed by atoms with Gasteiger partial charge in [-0.25, -0.2) is 4.79 Å². The van der Waals surface area contributed by atoms with Crippen molar-refractivity contribution in [2.45, 2.75) is 19.1 Å². The molecule has 0 fully saturated rings. The Bertz CT molecular complexity index is 1820. The maximum Gasteiger partial charge on any atom is 0.416 e. The molecule has 41 heavy (non-hydrogen) atoms. The van der Waals surface area contributed by atoms with Crippen molar-refractivity contribution in [2.24, 2.45) is 0 Å². The van der Waals surface area contributed by atoms with Gasteiger partial charge in [-0.05, 0) is 60.0 Å². The van der Waals surface area contributed by atoms with Crippen LogP contribution in [0.5, 0.6) is 11.5 Å². The predicted octanol–water partition coefficient (Wildman–Crippen LogP) is 5.11. The number of rotatable bonds is 5. The van der Waals surface area contributed by atoms with Crippen LogP contribution in [0.25, 0.3) is 5.69 Å². The largest absolute Gasteiger partial charge is 0.454 e. The number of aromatic nitrogens is 3. The van der Waals surface area contributed by atoms with Crippen LogP contribution >= 0.6 is 23.2 Å². The molecule has 3 aromatic carbocycles. The van der Waals surface area contributed by atoms with Gasteiger partial charge >= 0.3 is 11.9 Å². The maximum atomic E-state index is 13.1. The normalized spacial score (nSPS) is 13.1. The average molecular weight is 602 g/mol. The third kappa shape index (κ3) is 5.68. The van der Waals surface area contributed by atoms with E-state index >= 15 is 0 Å². The van der Waals surface area contributed by atoms with Gasteiger partial charge in [-0.1, -0.05) is 35.3 Å². The number of alkyl halides is 3. The zero-order valence-electron chi connectivity index (χ0n) is 20.6. The number of hydrogen-bond donors (Lipinski definition) is 1. The molecular weight excluding hydrogens is 586 g/mol. The fraction of sp³-hybridized carbons (Fsp3) is 0.148. The van der Waals surface area contributed by atoms with E-state index in [2.05, 4.69) is 5.10 Å². The summed E-state index contributed by atoms with van der Waals surface area (Å²) < 4.78 is 45.2. The highest BCUT2D eigenvalue weighted by Crippen LogP contribution is 2.39. The second kappa shape index (κ2) is 10.8. The van der Waals surface area contributed by atoms with Crippen molar-refractivity contribution < 1.29 is 22.7 Å². The fourth-order valence-electron chi connectivity index (χ4n) is 4.28. The molecule has 14 heteroatoms. The number of aromatic amines is 1. The number of H-pyrrole nitrogens is 1. The third-order valence-corrected chi connectivity index (χ3v) is 6.84. The van der Waals surface area contributed by atoms with E-state index in [4.69, 9.17) is 33.2 Å². The zero-order chi connectivity index (χ0) is 29.5. The Morgan fingerprint density at radius 3 is 2.34 bits per heavy atom. The van der Waals surface area contributed by atoms with Crippen LogP contribution < -0.4 is 16.0 Å². The molecule has 0 saturated carbocycles. The molecule has 9 nitrogen and oxygen atoms in total. The molecule has 1 aliphatic rings. The smallest absolute Gasteiger partial charge is 0.416 e. The lowest BCUT2D eigenvalue weighted by molar-refractivity contribution is -0.137. The van der Waals surface area contributed by atoms with Crippen LogP contribution in [0.4, 0.5) is 13.2 Å². The Morgan fingerprint density at radius 1 is 1.02 bits per heavy atom. The third-order valence-electron chi connectivity index (χ3n) is 6.28. The van der Waals surface area contributed by atoms with Crippen LogP contribution in [0, 0.1) is 11.3 Å². The lowest BCUT2D eigenvalue weighted by Gasteiger charge is -2.29. The Hall–Kier alpha value is -4.60. The van der Waals surface area contributed by atoms with E-state index in [1.165, 1.54) is 24.3 Å². The summed E-state index contributed by atoms with van der Waals surface area (Å²) >= 11 is 12.8. The first-order chi connectivity index (χ1) is 19.4. The summed E-state index contributed by atoms with van der Waals surface area (Å²) in [6, 6.07) is 13.7. The van der Waals surface area contributed by atoms with Gasteiger partial charge in [0, 0.05) is 18.7 Å². The lowest BCUT2D eigenvalue weighted by atomic mass is 9.98. The molecule has 0 spiro atoms. The number of amides is 1. The van der Waals surface area contributed by atoms with Gasteiger partial charge in [0.2, 0.25) is 5.69 Å². The number of fused-ring (bicyclic) bond motifs is 1. The number of nitriles is 1. The molecule has 0 radical (unpaired) electrons. The summed E-state index contributed by atoms with van der Waals surface area (Å²) in [6.07, 6.45) is -3.96. The molecule has 0 atom stereocenters. The monoisotopic (exact) mass is 601 g/mol. The first-order valence-electron chi connectivity index (χ1n) is 11.8. The minimum atomic E-state index is -4.43. The van der Waals surface area contributed by atoms with E-state index in [9.17, 15) is 27.6 Å². The molecule has 208 valence electrons. The number of benzene rings is 3. The van der Waals surface area contributed by atoms with Gasteiger partial charge in [-0.2, -0.15) is 23.1 Å². The fourth-order valence-corrected chi connectivity index (χ4v) is 4.83. The zero-order valence-corrected chi connectivity index (χ0v) is 22.1. The Morgan fingerprint density at radius 2 is 1.71 bits per heavy atom. The van der Waals surface area contributed by atoms with Crippen molar-refractivity contribution >= 4 is 29.1 Å². The predicted molar refractivity (Wildman–Crippen MR) is 142 cm³/mol. The molecule has 0 bridgehead atoms. The van der Waals surface area contributed by atoms with Gasteiger partial charge in [0.05, 0.1) is 21.3 Å². The van der Waals surface area contributed by atoms with Crippen LogP contribution in [0.1, 0.15) is 32.7 Å². The van der Waals surface area contributed by atoms with Crippen molar-refractivity contribution in [3.8, 4) is 23.3 Å². The quantitative estimate of drug-likeness (QED) is 0.339. The molecular formula is C27H16Cl2F3N5O4. The lowest BCUT2D eigenvalue weighted by Crippen LogP contribution is -2.37. The summed E-state index contributed by atoms with van der Waals surface area (Å²) in [5, 5.41) is 12.8. The first kappa shape index (κ1) is 27.9. The molecule has 2 heterocycles. The highest BCUT2D eigenvalue weighted by molar-refractivity contribution is 6.37. The first-order valence-corrected chi connectivity index (χ1v) is 12.6. The maximum absolute atomic E-state index is 13.1. The molecule has 0 aliphatic carbocycles. The number of hydrogen-bond acceptors (Lipinski definition) is 6. The van der Waals surface area contributed by atoms with E-state index in [1.807, 2.05) is 4.98 Å². The van der Waals surface area contributed by atoms with E-state index in [1.54, 1.807) is 29.2 Å². The standard InChI is InChI=1S/C27H16Cl2F3N5O4/c28-20-10-17(37-26(40)34-24(38)22(12-33)35-37)11-21(29)23(20)41-18-5-6-19-15(9-18)7-8-36(25(19)39)13-14-1-3-16(4-2-14)27(30,31)32/h1-6,9-11H,7-8,13H2,(H,34,38,40). The van der Waals surface area contributed by atoms with Crippen molar-refractivity contribution in [1.82, 2.24) is 19.7 Å². The van der Waals surface area contributed by atoms with Crippen molar-refractivity contribution in [2.75, 3.05) is 6.54 Å². The Kier molecular flexibility index (Phi) is 7.33. The topological polar surface area (TPSA) is 121 Å². The van der Waals surface area contributed by atoms with E-state index < -0.39 is 28.7 Å². The molecule has 1 aliphatic heterocycles. The number of halogens is 5. The van der Waals surface area contributed by atoms with Gasteiger partial charge in [0.15, 0.2) is 5.75 Å². The van der Waals surface area contributed by atoms with Gasteiger partial charge in [0.1, 0.15) is 11.8 Å². The Labute approximate surface area is 238 Å². The van der Waals surface area contributed by atoms with Crippen LogP contribution in [0.15, 0.2) is 64.2 Å². The molecule has 5 rings (SSSR count). The minimum Gasteiger partial charge on any atom is -0.454 e. The minimum absolute atomic E-state index is 0.00224. The number of carbonyl (C=O) groups is 1. The second-order valence-corrected chi connectivity index (χ2v) is 9.78. The summed E-state index contributed by atoms with van der Waals surface area (Å²) in [7, 11) is 0. The summed E-state index contributed by atoms with van der Waals surface area (Å²) in [6.45, 7) is 0.507. The summed E-state index contributed by atoms with van der Waals surface area (Å²) in [5.41, 5.74) is -1.33. The molecule has 4 aromatic rings. The number of carbonyl (C=O) groups excluding carboxylic acids is 1. The Balaban J connectivity index is 1.34. The van der Waals surface area contributed by atoms with Crippen molar-refractivity contribution in [1.29, 1.82) is 5.26 Å². The van der Waals surface area contributed by atoms with E-state index in [0.717, 1.165) is 16.8 Å². The molecule has 0 saturated heterocycles. The van der Waals surface area contributed by atoms with Gasteiger partial charge < -0.3 is 9.64 Å². The van der Waals surface area contributed by atoms with Crippen LogP contribution in [-0.4, -0.2) is 32.1 Å². The van der Waals surface area contributed by atoms with Gasteiger partial charge in [-0.3, -0.25) is 14.6 Å². The van der Waals surface area contributed by atoms with Gasteiger partial charge in [-0.15, -0.1) is 5.10 Å². The van der Waals surface area contributed by atoms with Crippen molar-refractivity contribution in [3.05, 3.63) is 113 Å². The summed E-state index contributed by atoms with van der Waals surface area (Å²) in [5.74, 6) is 0.116. The van der Waals surface area contributed by atoms with Crippen molar-refractivity contribution in [3.63, 3.8) is 0 Å². The van der Waals surface area contributed by atoms with E-state index in [0.29, 0.717) is 35.4 Å². The highest BCUT2D eigenvalue weighted by atomic mass is 35.5. The number of nitrogens with one attached hydrogen (secondary N) is 1. The van der Waals surface area contributed by atoms with Crippen LogP contribution in [0.3, 0.4) is 0 Å². The molecule has 0 unspecified atom stereocenters.